The minimum Gasteiger partial charge on any atom is -0.354 e. The molecule has 0 spiro atoms. The van der Waals surface area contributed by atoms with Gasteiger partial charge in [0.15, 0.2) is 5.82 Å². The first kappa shape index (κ1) is 16.3. The molecule has 2 aromatic rings. The van der Waals surface area contributed by atoms with E-state index in [1.807, 2.05) is 22.5 Å². The fourth-order valence-corrected chi connectivity index (χ4v) is 4.32. The van der Waals surface area contributed by atoms with E-state index in [1.54, 1.807) is 6.20 Å². The molecule has 0 aromatic carbocycles. The van der Waals surface area contributed by atoms with Crippen molar-refractivity contribution in [1.29, 1.82) is 0 Å². The molecule has 5 rings (SSSR count). The quantitative estimate of drug-likeness (QED) is 0.752. The van der Waals surface area contributed by atoms with Gasteiger partial charge in [-0.1, -0.05) is 0 Å². The topological polar surface area (TPSA) is 78.5 Å². The second kappa shape index (κ2) is 5.83. The number of carbonyl (C=O) groups is 1. The molecule has 0 N–H and O–H groups in total. The van der Waals surface area contributed by atoms with E-state index in [9.17, 15) is 9.18 Å². The van der Waals surface area contributed by atoms with E-state index in [0.717, 1.165) is 43.2 Å². The molecule has 0 aliphatic carbocycles. The molecule has 0 radical (unpaired) electrons. The molecule has 3 aliphatic rings. The average Bonchev–Trinajstić information content (AvgIpc) is 3.30. The Kier molecular flexibility index (Phi) is 3.53. The molecule has 27 heavy (non-hydrogen) atoms. The predicted molar refractivity (Wildman–Crippen MR) is 98.9 cm³/mol. The zero-order valence-corrected chi connectivity index (χ0v) is 15.2. The lowest BCUT2D eigenvalue weighted by atomic mass is 10.0. The summed E-state index contributed by atoms with van der Waals surface area (Å²) in [6, 6.07) is 2.05. The molecule has 140 valence electrons. The first-order chi connectivity index (χ1) is 13.0. The van der Waals surface area contributed by atoms with Gasteiger partial charge in [0, 0.05) is 50.4 Å². The number of anilines is 1. The molecular formula is C18H20FN7O. The van der Waals surface area contributed by atoms with Crippen LogP contribution in [0.2, 0.25) is 0 Å². The van der Waals surface area contributed by atoms with E-state index in [4.69, 9.17) is 0 Å². The van der Waals surface area contributed by atoms with Crippen molar-refractivity contribution in [2.24, 2.45) is 21.8 Å². The maximum absolute atomic E-state index is 13.6. The number of aryl methyl sites for hydroxylation is 1. The fraction of sp³-hybridized carbons (Fsp3) is 0.500. The van der Waals surface area contributed by atoms with Crippen molar-refractivity contribution in [2.45, 2.75) is 20.0 Å². The molecule has 2 aromatic heterocycles. The smallest absolute Gasteiger partial charge is 0.289 e. The maximum Gasteiger partial charge on any atom is 0.289 e. The molecule has 3 atom stereocenters. The van der Waals surface area contributed by atoms with Crippen molar-refractivity contribution in [3.05, 3.63) is 24.2 Å². The number of fused-ring (bicyclic) bond motifs is 2. The van der Waals surface area contributed by atoms with E-state index in [1.165, 1.54) is 6.92 Å². The molecular weight excluding hydrogens is 349 g/mol. The Bertz CT molecular complexity index is 983. The summed E-state index contributed by atoms with van der Waals surface area (Å²) in [6.07, 6.45) is 1.95. The summed E-state index contributed by atoms with van der Waals surface area (Å²) in [6.45, 7) is 6.81. The van der Waals surface area contributed by atoms with Crippen LogP contribution < -0.4 is 4.90 Å². The Morgan fingerprint density at radius 2 is 1.78 bits per heavy atom. The number of nitrogens with zero attached hydrogens (tertiary/aromatic N) is 7. The van der Waals surface area contributed by atoms with Crippen LogP contribution in [0.4, 0.5) is 10.2 Å². The van der Waals surface area contributed by atoms with Crippen LogP contribution in [-0.2, 0) is 4.79 Å². The molecule has 1 amide bonds. The Hall–Kier alpha value is -2.84. The van der Waals surface area contributed by atoms with Crippen LogP contribution in [0, 0.1) is 18.8 Å². The van der Waals surface area contributed by atoms with Gasteiger partial charge in [-0.05, 0) is 19.9 Å². The zero-order valence-electron chi connectivity index (χ0n) is 15.2. The number of guanidine groups is 1. The van der Waals surface area contributed by atoms with Gasteiger partial charge in [-0.3, -0.25) is 4.79 Å². The third kappa shape index (κ3) is 2.60. The van der Waals surface area contributed by atoms with Gasteiger partial charge in [0.25, 0.3) is 5.91 Å². The van der Waals surface area contributed by atoms with Gasteiger partial charge in [0.2, 0.25) is 12.1 Å². The Morgan fingerprint density at radius 1 is 1.07 bits per heavy atom. The van der Waals surface area contributed by atoms with Crippen molar-refractivity contribution >= 4 is 28.9 Å². The lowest BCUT2D eigenvalue weighted by Gasteiger charge is -2.24. The second-order valence-electron chi connectivity index (χ2n) is 7.56. The number of likely N-dealkylation sites (tertiary alicyclic amines) is 1. The monoisotopic (exact) mass is 369 g/mol. The number of halogens is 1. The number of hydrogen-bond acceptors (Lipinski definition) is 6. The standard InChI is InChI=1S/C18H20FN7O/c1-10-5-14-16(20-3-4-26(14)23-10)24-6-12-8-25(9-13(12)7-24)18-21-11(2)15(19)17(27)22-18/h3-5,12-13,15H,6-9H2,1-2H3. The summed E-state index contributed by atoms with van der Waals surface area (Å²) in [5, 5.41) is 4.46. The normalized spacial score (nSPS) is 28.0. The number of hydrogen-bond donors (Lipinski definition) is 0. The highest BCUT2D eigenvalue weighted by atomic mass is 19.1. The summed E-state index contributed by atoms with van der Waals surface area (Å²) in [4.78, 5) is 28.6. The summed E-state index contributed by atoms with van der Waals surface area (Å²) < 4.78 is 15.5. The third-order valence-electron chi connectivity index (χ3n) is 5.63. The zero-order chi connectivity index (χ0) is 18.7. The Morgan fingerprint density at radius 3 is 2.48 bits per heavy atom. The van der Waals surface area contributed by atoms with Gasteiger partial charge in [-0.25, -0.2) is 18.9 Å². The largest absolute Gasteiger partial charge is 0.354 e. The molecule has 5 heterocycles. The predicted octanol–water partition coefficient (Wildman–Crippen LogP) is 1.10. The molecule has 0 saturated carbocycles. The SMILES string of the molecule is CC1=NC(N2CC3CN(c4nccn5nc(C)cc45)CC3C2)=NC(=O)C1F. The highest BCUT2D eigenvalue weighted by Crippen LogP contribution is 2.35. The number of aliphatic imine (C=N–C) groups is 2. The summed E-state index contributed by atoms with van der Waals surface area (Å²) in [5.41, 5.74) is 2.17. The van der Waals surface area contributed by atoms with Crippen molar-refractivity contribution < 1.29 is 9.18 Å². The average molecular weight is 369 g/mol. The minimum absolute atomic E-state index is 0.190. The summed E-state index contributed by atoms with van der Waals surface area (Å²) in [7, 11) is 0. The maximum atomic E-state index is 13.6. The minimum atomic E-state index is -1.70. The Balaban J connectivity index is 1.34. The van der Waals surface area contributed by atoms with Gasteiger partial charge < -0.3 is 9.80 Å². The van der Waals surface area contributed by atoms with E-state index < -0.39 is 12.1 Å². The van der Waals surface area contributed by atoms with Crippen LogP contribution in [0.15, 0.2) is 28.4 Å². The van der Waals surface area contributed by atoms with Crippen LogP contribution in [0.1, 0.15) is 12.6 Å². The molecule has 2 saturated heterocycles. The number of amides is 1. The molecule has 3 aliphatic heterocycles. The van der Waals surface area contributed by atoms with E-state index in [0.29, 0.717) is 17.8 Å². The highest BCUT2D eigenvalue weighted by Gasteiger charge is 2.43. The second-order valence-corrected chi connectivity index (χ2v) is 7.56. The van der Waals surface area contributed by atoms with E-state index >= 15 is 0 Å². The Labute approximate surface area is 155 Å². The van der Waals surface area contributed by atoms with Gasteiger partial charge in [-0.2, -0.15) is 10.1 Å². The van der Waals surface area contributed by atoms with Crippen molar-refractivity contribution in [1.82, 2.24) is 19.5 Å². The summed E-state index contributed by atoms with van der Waals surface area (Å²) >= 11 is 0. The first-order valence-electron chi connectivity index (χ1n) is 9.12. The highest BCUT2D eigenvalue weighted by molar-refractivity contribution is 6.16. The van der Waals surface area contributed by atoms with Crippen LogP contribution in [0.5, 0.6) is 0 Å². The van der Waals surface area contributed by atoms with E-state index in [2.05, 4.69) is 31.0 Å². The first-order valence-corrected chi connectivity index (χ1v) is 9.12. The molecule has 2 fully saturated rings. The van der Waals surface area contributed by atoms with Crippen molar-refractivity contribution in [3.8, 4) is 0 Å². The number of aromatic nitrogens is 3. The number of rotatable bonds is 1. The molecule has 9 heteroatoms. The van der Waals surface area contributed by atoms with Crippen molar-refractivity contribution in [3.63, 3.8) is 0 Å². The lowest BCUT2D eigenvalue weighted by molar-refractivity contribution is -0.120. The van der Waals surface area contributed by atoms with E-state index in [-0.39, 0.29) is 5.71 Å². The van der Waals surface area contributed by atoms with Gasteiger partial charge in [0.1, 0.15) is 5.52 Å². The molecule has 0 bridgehead atoms. The van der Waals surface area contributed by atoms with Crippen LogP contribution >= 0.6 is 0 Å². The third-order valence-corrected chi connectivity index (χ3v) is 5.63. The molecule has 3 unspecified atom stereocenters. The van der Waals surface area contributed by atoms with Crippen LogP contribution in [-0.4, -0.2) is 69.4 Å². The molecule has 8 nitrogen and oxygen atoms in total. The van der Waals surface area contributed by atoms with Gasteiger partial charge >= 0.3 is 0 Å². The summed E-state index contributed by atoms with van der Waals surface area (Å²) in [5.74, 6) is 1.44. The van der Waals surface area contributed by atoms with Gasteiger partial charge in [0.05, 0.1) is 11.4 Å². The van der Waals surface area contributed by atoms with Gasteiger partial charge in [-0.15, -0.1) is 0 Å². The number of alkyl halides is 1. The fourth-order valence-electron chi connectivity index (χ4n) is 4.32. The lowest BCUT2D eigenvalue weighted by Crippen LogP contribution is -2.38. The number of carbonyl (C=O) groups excluding carboxylic acids is 1. The van der Waals surface area contributed by atoms with Crippen molar-refractivity contribution in [2.75, 3.05) is 31.1 Å². The van der Waals surface area contributed by atoms with Crippen LogP contribution in [0.25, 0.3) is 5.52 Å². The van der Waals surface area contributed by atoms with Crippen LogP contribution in [0.3, 0.4) is 0 Å².